The summed E-state index contributed by atoms with van der Waals surface area (Å²) in [6.07, 6.45) is 1.61. The maximum absolute atomic E-state index is 11.3. The van der Waals surface area contributed by atoms with Crippen LogP contribution in [-0.2, 0) is 9.53 Å². The molecule has 0 saturated heterocycles. The molecule has 0 bridgehead atoms. The summed E-state index contributed by atoms with van der Waals surface area (Å²) in [4.78, 5) is 14.8. The predicted octanol–water partition coefficient (Wildman–Crippen LogP) is 2.84. The van der Waals surface area contributed by atoms with Gasteiger partial charge in [-0.15, -0.1) is 0 Å². The molecule has 17 heavy (non-hydrogen) atoms. The summed E-state index contributed by atoms with van der Waals surface area (Å²) in [5.74, 6) is -0.236. The van der Waals surface area contributed by atoms with Gasteiger partial charge in [0, 0.05) is 0 Å². The first-order valence-electron chi connectivity index (χ1n) is 5.28. The fraction of sp³-hybridized carbons (Fsp3) is 0.154. The number of ether oxygens (including phenoxy) is 1. The van der Waals surface area contributed by atoms with Gasteiger partial charge in [-0.25, -0.2) is 0 Å². The van der Waals surface area contributed by atoms with E-state index in [1.54, 1.807) is 17.8 Å². The third-order valence-corrected chi connectivity index (χ3v) is 5.80. The molecule has 4 heteroatoms. The predicted molar refractivity (Wildman–Crippen MR) is 72.5 cm³/mol. The Morgan fingerprint density at radius 3 is 2.88 bits per heavy atom. The average Bonchev–Trinajstić information content (AvgIpc) is 2.79. The standard InChI is InChI=1S/C13H12O2SSe/c1-2-15-12(14)8-13-16-11(9-17-13)10-6-4-3-5-7-10/h3-9H,2H2,1H3/b13-8-. The molecule has 1 aromatic rings. The fourth-order valence-electron chi connectivity index (χ4n) is 1.34. The molecule has 0 radical (unpaired) electrons. The molecule has 0 aliphatic carbocycles. The molecule has 1 aliphatic rings. The number of benzene rings is 1. The van der Waals surface area contributed by atoms with Crippen LogP contribution in [0.2, 0.25) is 0 Å². The van der Waals surface area contributed by atoms with Gasteiger partial charge in [0.05, 0.1) is 0 Å². The van der Waals surface area contributed by atoms with Crippen molar-refractivity contribution >= 4 is 37.6 Å². The molecule has 0 atom stereocenters. The van der Waals surface area contributed by atoms with E-state index in [1.165, 1.54) is 10.5 Å². The topological polar surface area (TPSA) is 26.3 Å². The third kappa shape index (κ3) is 3.50. The van der Waals surface area contributed by atoms with Crippen LogP contribution in [0.3, 0.4) is 0 Å². The van der Waals surface area contributed by atoms with E-state index in [0.29, 0.717) is 6.61 Å². The molecule has 0 amide bonds. The molecule has 88 valence electrons. The van der Waals surface area contributed by atoms with Crippen molar-refractivity contribution in [2.75, 3.05) is 6.61 Å². The number of carbonyl (C=O) groups is 1. The van der Waals surface area contributed by atoms with Crippen molar-refractivity contribution in [3.63, 3.8) is 0 Å². The summed E-state index contributed by atoms with van der Waals surface area (Å²) >= 11 is 1.92. The Kier molecular flexibility index (Phi) is 4.49. The van der Waals surface area contributed by atoms with E-state index >= 15 is 0 Å². The quantitative estimate of drug-likeness (QED) is 0.488. The van der Waals surface area contributed by atoms with Crippen LogP contribution in [0.1, 0.15) is 12.5 Å². The van der Waals surface area contributed by atoms with Crippen molar-refractivity contribution in [3.8, 4) is 0 Å². The molecule has 2 nitrogen and oxygen atoms in total. The Bertz CT molecular complexity index is 466. The van der Waals surface area contributed by atoms with Gasteiger partial charge < -0.3 is 0 Å². The molecular weight excluding hydrogens is 299 g/mol. The van der Waals surface area contributed by atoms with Gasteiger partial charge in [0.2, 0.25) is 0 Å². The Hall–Kier alpha value is -0.961. The minimum absolute atomic E-state index is 0.236. The van der Waals surface area contributed by atoms with Gasteiger partial charge >= 0.3 is 111 Å². The summed E-state index contributed by atoms with van der Waals surface area (Å²) in [5.41, 5.74) is 1.21. The average molecular weight is 311 g/mol. The van der Waals surface area contributed by atoms with Crippen molar-refractivity contribution in [2.45, 2.75) is 6.92 Å². The van der Waals surface area contributed by atoms with Crippen molar-refractivity contribution in [1.82, 2.24) is 0 Å². The van der Waals surface area contributed by atoms with Crippen LogP contribution in [-0.4, -0.2) is 27.5 Å². The molecule has 0 fully saturated rings. The van der Waals surface area contributed by atoms with E-state index in [2.05, 4.69) is 17.1 Å². The molecule has 0 spiro atoms. The van der Waals surface area contributed by atoms with E-state index in [0.717, 1.165) is 3.80 Å². The van der Waals surface area contributed by atoms with E-state index in [9.17, 15) is 4.79 Å². The molecule has 0 saturated carbocycles. The van der Waals surface area contributed by atoms with Crippen molar-refractivity contribution in [3.05, 3.63) is 50.7 Å². The summed E-state index contributed by atoms with van der Waals surface area (Å²) < 4.78 is 6.01. The maximum atomic E-state index is 11.3. The number of carbonyl (C=O) groups excluding carboxylic acids is 1. The summed E-state index contributed by atoms with van der Waals surface area (Å²) in [7, 11) is 0. The van der Waals surface area contributed by atoms with Crippen LogP contribution in [0.4, 0.5) is 0 Å². The van der Waals surface area contributed by atoms with Crippen molar-refractivity contribution < 1.29 is 9.53 Å². The second-order valence-electron chi connectivity index (χ2n) is 3.28. The first-order valence-corrected chi connectivity index (χ1v) is 7.94. The molecule has 0 aromatic heterocycles. The van der Waals surface area contributed by atoms with Crippen molar-refractivity contribution in [1.29, 1.82) is 0 Å². The van der Waals surface area contributed by atoms with Gasteiger partial charge in [-0.2, -0.15) is 0 Å². The first kappa shape index (κ1) is 12.5. The van der Waals surface area contributed by atoms with E-state index in [1.807, 2.05) is 25.1 Å². The summed E-state index contributed by atoms with van der Waals surface area (Å²) in [6, 6.07) is 10.2. The van der Waals surface area contributed by atoms with E-state index in [4.69, 9.17) is 4.74 Å². The van der Waals surface area contributed by atoms with Crippen LogP contribution in [0.5, 0.6) is 0 Å². The van der Waals surface area contributed by atoms with E-state index in [-0.39, 0.29) is 20.9 Å². The molecular formula is C13H12O2SSe. The van der Waals surface area contributed by atoms with Gasteiger partial charge in [-0.05, 0) is 0 Å². The third-order valence-electron chi connectivity index (χ3n) is 2.07. The normalized spacial score (nSPS) is 17.0. The zero-order chi connectivity index (χ0) is 12.1. The molecule has 0 N–H and O–H groups in total. The Balaban J connectivity index is 2.02. The number of thioether (sulfide) groups is 1. The SMILES string of the molecule is CCOC(=O)/C=C1/SC(c2ccccc2)=C[Se]1. The Morgan fingerprint density at radius 2 is 2.18 bits per heavy atom. The number of rotatable bonds is 3. The zero-order valence-corrected chi connectivity index (χ0v) is 11.9. The minimum atomic E-state index is -0.236. The fourth-order valence-corrected chi connectivity index (χ4v) is 4.83. The number of hydrogen-bond donors (Lipinski definition) is 0. The van der Waals surface area contributed by atoms with Crippen LogP contribution in [0, 0.1) is 0 Å². The van der Waals surface area contributed by atoms with Gasteiger partial charge in [-0.3, -0.25) is 0 Å². The van der Waals surface area contributed by atoms with Crippen LogP contribution in [0.25, 0.3) is 4.91 Å². The Labute approximate surface area is 111 Å². The van der Waals surface area contributed by atoms with Gasteiger partial charge in [0.15, 0.2) is 0 Å². The zero-order valence-electron chi connectivity index (χ0n) is 9.38. The monoisotopic (exact) mass is 312 g/mol. The van der Waals surface area contributed by atoms with Gasteiger partial charge in [-0.1, -0.05) is 0 Å². The molecule has 0 unspecified atom stereocenters. The van der Waals surface area contributed by atoms with Gasteiger partial charge in [0.25, 0.3) is 0 Å². The van der Waals surface area contributed by atoms with E-state index < -0.39 is 0 Å². The van der Waals surface area contributed by atoms with Crippen LogP contribution < -0.4 is 0 Å². The summed E-state index contributed by atoms with van der Waals surface area (Å²) in [5, 5.41) is 0. The molecule has 1 aromatic carbocycles. The molecule has 2 rings (SSSR count). The number of hydrogen-bond acceptors (Lipinski definition) is 3. The Morgan fingerprint density at radius 1 is 1.41 bits per heavy atom. The van der Waals surface area contributed by atoms with Gasteiger partial charge in [0.1, 0.15) is 0 Å². The summed E-state index contributed by atoms with van der Waals surface area (Å²) in [6.45, 7) is 2.25. The molecule has 1 aliphatic heterocycles. The van der Waals surface area contributed by atoms with Crippen molar-refractivity contribution in [2.24, 2.45) is 0 Å². The first-order chi connectivity index (χ1) is 8.29. The second kappa shape index (κ2) is 6.10. The van der Waals surface area contributed by atoms with Crippen LogP contribution >= 0.6 is 11.8 Å². The van der Waals surface area contributed by atoms with Crippen LogP contribution in [0.15, 0.2) is 45.2 Å². The second-order valence-corrected chi connectivity index (χ2v) is 6.86. The number of esters is 1. The molecule has 1 heterocycles.